The Morgan fingerprint density at radius 1 is 1.48 bits per heavy atom. The molecule has 1 heterocycles. The number of nitrogens with one attached hydrogen (secondary N) is 1. The molecule has 0 bridgehead atoms. The maximum atomic E-state index is 13.5. The van der Waals surface area contributed by atoms with E-state index in [0.29, 0.717) is 13.2 Å². The summed E-state index contributed by atoms with van der Waals surface area (Å²) in [5, 5.41) is -0.123. The summed E-state index contributed by atoms with van der Waals surface area (Å²) >= 11 is 5.93. The standard InChI is InChI=1S/C15H19ClFNO4S/c1-8-5-13(11(16)6-12(8)17)23(19,20)18-14-9-3-4-22-15(9)10(14)7-21-2/h5-6,9-10,14-15,18H,3-4,7H2,1-2H3/t9-,10+,14-,15-/m1/s1. The van der Waals surface area contributed by atoms with E-state index in [-0.39, 0.29) is 39.5 Å². The van der Waals surface area contributed by atoms with Crippen molar-refractivity contribution in [1.29, 1.82) is 0 Å². The van der Waals surface area contributed by atoms with Gasteiger partial charge in [-0.15, -0.1) is 0 Å². The molecule has 0 unspecified atom stereocenters. The van der Waals surface area contributed by atoms with Gasteiger partial charge in [0.05, 0.1) is 17.7 Å². The van der Waals surface area contributed by atoms with Crippen molar-refractivity contribution in [2.75, 3.05) is 20.3 Å². The van der Waals surface area contributed by atoms with E-state index in [1.807, 2.05) is 0 Å². The molecule has 5 nitrogen and oxygen atoms in total. The van der Waals surface area contributed by atoms with Gasteiger partial charge in [0.25, 0.3) is 0 Å². The highest BCUT2D eigenvalue weighted by Crippen LogP contribution is 2.44. The highest BCUT2D eigenvalue weighted by molar-refractivity contribution is 7.89. The summed E-state index contributed by atoms with van der Waals surface area (Å²) in [6.07, 6.45) is 0.849. The van der Waals surface area contributed by atoms with Gasteiger partial charge in [0.1, 0.15) is 10.7 Å². The number of ether oxygens (including phenoxy) is 2. The number of benzene rings is 1. The number of sulfonamides is 1. The smallest absolute Gasteiger partial charge is 0.242 e. The van der Waals surface area contributed by atoms with Crippen LogP contribution in [0.25, 0.3) is 0 Å². The van der Waals surface area contributed by atoms with Gasteiger partial charge in [-0.25, -0.2) is 17.5 Å². The van der Waals surface area contributed by atoms with Crippen molar-refractivity contribution in [2.45, 2.75) is 30.4 Å². The number of hydrogen-bond acceptors (Lipinski definition) is 4. The lowest BCUT2D eigenvalue weighted by atomic mass is 9.68. The lowest BCUT2D eigenvalue weighted by Crippen LogP contribution is -2.62. The zero-order chi connectivity index (χ0) is 16.8. The number of methoxy groups -OCH3 is 1. The lowest BCUT2D eigenvalue weighted by Gasteiger charge is -2.47. The zero-order valence-electron chi connectivity index (χ0n) is 12.9. The topological polar surface area (TPSA) is 64.6 Å². The van der Waals surface area contributed by atoms with Crippen LogP contribution < -0.4 is 4.72 Å². The van der Waals surface area contributed by atoms with Gasteiger partial charge in [-0.3, -0.25) is 0 Å². The summed E-state index contributed by atoms with van der Waals surface area (Å²) in [6.45, 7) is 2.55. The monoisotopic (exact) mass is 363 g/mol. The van der Waals surface area contributed by atoms with Gasteiger partial charge in [-0.05, 0) is 31.0 Å². The molecule has 0 amide bonds. The fourth-order valence-corrected chi connectivity index (χ4v) is 5.41. The number of hydrogen-bond donors (Lipinski definition) is 1. The molecule has 2 aliphatic rings. The summed E-state index contributed by atoms with van der Waals surface area (Å²) in [4.78, 5) is -0.100. The molecule has 1 saturated heterocycles. The highest BCUT2D eigenvalue weighted by atomic mass is 35.5. The maximum Gasteiger partial charge on any atom is 0.242 e. The first-order valence-corrected chi connectivity index (χ1v) is 9.30. The van der Waals surface area contributed by atoms with Crippen molar-refractivity contribution in [3.8, 4) is 0 Å². The van der Waals surface area contributed by atoms with Crippen molar-refractivity contribution >= 4 is 21.6 Å². The molecule has 1 N–H and O–H groups in total. The van der Waals surface area contributed by atoms with Crippen LogP contribution in [0.3, 0.4) is 0 Å². The van der Waals surface area contributed by atoms with E-state index >= 15 is 0 Å². The molecule has 1 aromatic carbocycles. The summed E-state index contributed by atoms with van der Waals surface area (Å²) < 4.78 is 52.3. The molecule has 3 rings (SSSR count). The molecule has 0 aromatic heterocycles. The Hall–Kier alpha value is -0.730. The van der Waals surface area contributed by atoms with Crippen LogP contribution in [0.15, 0.2) is 17.0 Å². The third kappa shape index (κ3) is 3.00. The Balaban J connectivity index is 1.85. The molecule has 2 fully saturated rings. The average Bonchev–Trinajstić information content (AvgIpc) is 2.91. The maximum absolute atomic E-state index is 13.5. The first kappa shape index (κ1) is 17.1. The normalized spacial score (nSPS) is 30.1. The Labute approximate surface area is 140 Å². The molecule has 1 aromatic rings. The van der Waals surface area contributed by atoms with Gasteiger partial charge >= 0.3 is 0 Å². The van der Waals surface area contributed by atoms with Crippen LogP contribution in [0.5, 0.6) is 0 Å². The highest BCUT2D eigenvalue weighted by Gasteiger charge is 2.55. The minimum atomic E-state index is -3.84. The van der Waals surface area contributed by atoms with E-state index in [1.165, 1.54) is 13.0 Å². The fraction of sp³-hybridized carbons (Fsp3) is 0.600. The van der Waals surface area contributed by atoms with E-state index in [4.69, 9.17) is 21.1 Å². The predicted molar refractivity (Wildman–Crippen MR) is 83.5 cm³/mol. The molecular weight excluding hydrogens is 345 g/mol. The van der Waals surface area contributed by atoms with Crippen molar-refractivity contribution < 1.29 is 22.3 Å². The van der Waals surface area contributed by atoms with Gasteiger partial charge in [-0.2, -0.15) is 0 Å². The second kappa shape index (κ2) is 6.29. The Bertz CT molecular complexity index is 712. The van der Waals surface area contributed by atoms with Gasteiger partial charge in [-0.1, -0.05) is 11.6 Å². The molecule has 4 atom stereocenters. The molecule has 0 spiro atoms. The largest absolute Gasteiger partial charge is 0.384 e. The van der Waals surface area contributed by atoms with E-state index in [1.54, 1.807) is 7.11 Å². The molecule has 23 heavy (non-hydrogen) atoms. The molecular formula is C15H19ClFNO4S. The third-order valence-corrected chi connectivity index (χ3v) is 6.61. The summed E-state index contributed by atoms with van der Waals surface area (Å²) in [6, 6.07) is 2.03. The van der Waals surface area contributed by atoms with Crippen LogP contribution in [-0.4, -0.2) is 40.9 Å². The molecule has 128 valence electrons. The van der Waals surface area contributed by atoms with Gasteiger partial charge < -0.3 is 9.47 Å². The molecule has 0 radical (unpaired) electrons. The number of rotatable bonds is 5. The van der Waals surface area contributed by atoms with Crippen LogP contribution in [0, 0.1) is 24.6 Å². The second-order valence-corrected chi connectivity index (χ2v) is 8.18. The second-order valence-electron chi connectivity index (χ2n) is 6.09. The van der Waals surface area contributed by atoms with Crippen molar-refractivity contribution in [1.82, 2.24) is 4.72 Å². The fourth-order valence-electron chi connectivity index (χ4n) is 3.47. The van der Waals surface area contributed by atoms with E-state index in [2.05, 4.69) is 4.72 Å². The zero-order valence-corrected chi connectivity index (χ0v) is 14.5. The summed E-state index contributed by atoms with van der Waals surface area (Å²) in [7, 11) is -2.26. The molecule has 1 aliphatic heterocycles. The van der Waals surface area contributed by atoms with E-state index in [0.717, 1.165) is 12.5 Å². The van der Waals surface area contributed by atoms with Gasteiger partial charge in [0, 0.05) is 31.6 Å². The van der Waals surface area contributed by atoms with Gasteiger partial charge in [0.15, 0.2) is 0 Å². The average molecular weight is 364 g/mol. The number of halogens is 2. The van der Waals surface area contributed by atoms with Crippen molar-refractivity contribution in [3.05, 3.63) is 28.5 Å². The first-order valence-electron chi connectivity index (χ1n) is 7.43. The Morgan fingerprint density at radius 2 is 2.22 bits per heavy atom. The molecule has 8 heteroatoms. The third-order valence-electron chi connectivity index (χ3n) is 4.68. The predicted octanol–water partition coefficient (Wildman–Crippen LogP) is 2.12. The van der Waals surface area contributed by atoms with Crippen LogP contribution >= 0.6 is 11.6 Å². The van der Waals surface area contributed by atoms with Crippen LogP contribution in [-0.2, 0) is 19.5 Å². The van der Waals surface area contributed by atoms with E-state index in [9.17, 15) is 12.8 Å². The van der Waals surface area contributed by atoms with Crippen molar-refractivity contribution in [2.24, 2.45) is 11.8 Å². The Morgan fingerprint density at radius 3 is 2.91 bits per heavy atom. The quantitative estimate of drug-likeness (QED) is 0.870. The summed E-state index contributed by atoms with van der Waals surface area (Å²) in [5.41, 5.74) is 0.235. The van der Waals surface area contributed by atoms with Crippen LogP contribution in [0.2, 0.25) is 5.02 Å². The lowest BCUT2D eigenvalue weighted by molar-refractivity contribution is -0.0775. The summed E-state index contributed by atoms with van der Waals surface area (Å²) in [5.74, 6) is -0.410. The minimum absolute atomic E-state index is 0.0254. The Kier molecular flexibility index (Phi) is 4.68. The van der Waals surface area contributed by atoms with Crippen molar-refractivity contribution in [3.63, 3.8) is 0 Å². The first-order chi connectivity index (χ1) is 10.8. The SMILES string of the molecule is COC[C@H]1[C@H](NS(=O)(=O)c2cc(C)c(F)cc2Cl)[C@H]2CCO[C@H]21. The number of aryl methyl sites for hydroxylation is 1. The van der Waals surface area contributed by atoms with Crippen LogP contribution in [0.1, 0.15) is 12.0 Å². The van der Waals surface area contributed by atoms with Gasteiger partial charge in [0.2, 0.25) is 10.0 Å². The van der Waals surface area contributed by atoms with E-state index < -0.39 is 15.8 Å². The molecule has 1 aliphatic carbocycles. The molecule has 1 saturated carbocycles. The van der Waals surface area contributed by atoms with Crippen LogP contribution in [0.4, 0.5) is 4.39 Å². The number of fused-ring (bicyclic) bond motifs is 1. The minimum Gasteiger partial charge on any atom is -0.384 e.